The third-order valence-corrected chi connectivity index (χ3v) is 2.76. The fourth-order valence-electron chi connectivity index (χ4n) is 1.94. The van der Waals surface area contributed by atoms with E-state index in [1.165, 1.54) is 0 Å². The summed E-state index contributed by atoms with van der Waals surface area (Å²) in [6, 6.07) is 7.93. The van der Waals surface area contributed by atoms with Crippen molar-refractivity contribution in [3.63, 3.8) is 0 Å². The number of aryl methyl sites for hydroxylation is 2. The van der Waals surface area contributed by atoms with Crippen LogP contribution in [0.4, 0.5) is 0 Å². The van der Waals surface area contributed by atoms with Crippen LogP contribution in [0.15, 0.2) is 36.7 Å². The van der Waals surface area contributed by atoms with E-state index in [2.05, 4.69) is 15.1 Å². The number of hydrogen-bond donors (Lipinski definition) is 0. The topological polar surface area (TPSA) is 43.6 Å². The fourth-order valence-corrected chi connectivity index (χ4v) is 1.94. The highest BCUT2D eigenvalue weighted by atomic mass is 15.3. The van der Waals surface area contributed by atoms with E-state index in [0.717, 1.165) is 28.1 Å². The predicted molar refractivity (Wildman–Crippen MR) is 66.1 cm³/mol. The molecule has 0 bridgehead atoms. The van der Waals surface area contributed by atoms with Gasteiger partial charge in [-0.2, -0.15) is 5.10 Å². The molecule has 0 aliphatic rings. The molecule has 84 valence electrons. The lowest BCUT2D eigenvalue weighted by Gasteiger charge is -2.06. The Morgan fingerprint density at radius 2 is 2.00 bits per heavy atom. The van der Waals surface area contributed by atoms with Crippen molar-refractivity contribution in [2.75, 3.05) is 0 Å². The molecule has 0 saturated heterocycles. The molecular formula is C13H12N4. The molecule has 0 N–H and O–H groups in total. The van der Waals surface area contributed by atoms with Crippen LogP contribution >= 0.6 is 0 Å². The standard InChI is InChI=1S/C13H12N4/c1-9-5-6-12(10(2)16-9)17-13-11(8-15-17)4-3-7-14-13/h3-8H,1-2H3. The number of nitrogens with zero attached hydrogens (tertiary/aromatic N) is 4. The molecule has 0 amide bonds. The second-order valence-corrected chi connectivity index (χ2v) is 4.03. The maximum atomic E-state index is 4.45. The van der Waals surface area contributed by atoms with E-state index in [1.807, 2.05) is 49.0 Å². The quantitative estimate of drug-likeness (QED) is 0.637. The summed E-state index contributed by atoms with van der Waals surface area (Å²) in [5.41, 5.74) is 3.81. The predicted octanol–water partition coefficient (Wildman–Crippen LogP) is 2.43. The third-order valence-electron chi connectivity index (χ3n) is 2.76. The van der Waals surface area contributed by atoms with Gasteiger partial charge in [-0.25, -0.2) is 9.67 Å². The van der Waals surface area contributed by atoms with Crippen LogP contribution in [0.5, 0.6) is 0 Å². The summed E-state index contributed by atoms with van der Waals surface area (Å²) in [6.07, 6.45) is 3.60. The van der Waals surface area contributed by atoms with Crippen molar-refractivity contribution in [2.24, 2.45) is 0 Å². The highest BCUT2D eigenvalue weighted by molar-refractivity contribution is 5.76. The average Bonchev–Trinajstić information content (AvgIpc) is 2.73. The lowest BCUT2D eigenvalue weighted by Crippen LogP contribution is -2.02. The van der Waals surface area contributed by atoms with Gasteiger partial charge in [0.15, 0.2) is 5.65 Å². The van der Waals surface area contributed by atoms with Crippen LogP contribution in [0.3, 0.4) is 0 Å². The summed E-state index contributed by atoms with van der Waals surface area (Å²) >= 11 is 0. The van der Waals surface area contributed by atoms with Gasteiger partial charge in [0, 0.05) is 17.3 Å². The van der Waals surface area contributed by atoms with Crippen LogP contribution in [-0.2, 0) is 0 Å². The summed E-state index contributed by atoms with van der Waals surface area (Å²) in [7, 11) is 0. The lowest BCUT2D eigenvalue weighted by atomic mass is 10.2. The van der Waals surface area contributed by atoms with E-state index in [1.54, 1.807) is 6.20 Å². The Hall–Kier alpha value is -2.23. The first-order valence-corrected chi connectivity index (χ1v) is 5.49. The Labute approximate surface area is 98.9 Å². The molecule has 0 radical (unpaired) electrons. The van der Waals surface area contributed by atoms with Crippen LogP contribution in [0, 0.1) is 13.8 Å². The summed E-state index contributed by atoms with van der Waals surface area (Å²) in [5, 5.41) is 5.40. The molecule has 0 atom stereocenters. The van der Waals surface area contributed by atoms with Gasteiger partial charge in [-0.3, -0.25) is 4.98 Å². The normalized spacial score (nSPS) is 10.9. The van der Waals surface area contributed by atoms with E-state index in [4.69, 9.17) is 0 Å². The summed E-state index contributed by atoms with van der Waals surface area (Å²) in [5.74, 6) is 0. The van der Waals surface area contributed by atoms with Crippen LogP contribution in [-0.4, -0.2) is 19.7 Å². The van der Waals surface area contributed by atoms with Crippen LogP contribution in [0.1, 0.15) is 11.4 Å². The second-order valence-electron chi connectivity index (χ2n) is 4.03. The molecule has 0 aliphatic carbocycles. The molecule has 17 heavy (non-hydrogen) atoms. The van der Waals surface area contributed by atoms with Crippen molar-refractivity contribution >= 4 is 11.0 Å². The molecule has 3 rings (SSSR count). The molecular weight excluding hydrogens is 212 g/mol. The monoisotopic (exact) mass is 224 g/mol. The van der Waals surface area contributed by atoms with Crippen LogP contribution in [0.2, 0.25) is 0 Å². The van der Waals surface area contributed by atoms with Crippen molar-refractivity contribution in [1.82, 2.24) is 19.7 Å². The highest BCUT2D eigenvalue weighted by Crippen LogP contribution is 2.17. The molecule has 0 fully saturated rings. The average molecular weight is 224 g/mol. The number of pyridine rings is 2. The zero-order chi connectivity index (χ0) is 11.8. The molecule has 0 unspecified atom stereocenters. The lowest BCUT2D eigenvalue weighted by molar-refractivity contribution is 0.873. The largest absolute Gasteiger partial charge is 0.256 e. The van der Waals surface area contributed by atoms with Gasteiger partial charge in [-0.05, 0) is 38.1 Å². The van der Waals surface area contributed by atoms with Gasteiger partial charge >= 0.3 is 0 Å². The molecule has 0 spiro atoms. The maximum Gasteiger partial charge on any atom is 0.162 e. The Balaban J connectivity index is 2.27. The number of aromatic nitrogens is 4. The smallest absolute Gasteiger partial charge is 0.162 e. The van der Waals surface area contributed by atoms with Gasteiger partial charge in [0.2, 0.25) is 0 Å². The maximum absolute atomic E-state index is 4.45. The molecule has 0 aliphatic heterocycles. The zero-order valence-electron chi connectivity index (χ0n) is 9.75. The molecule has 4 heteroatoms. The van der Waals surface area contributed by atoms with Gasteiger partial charge in [0.1, 0.15) is 0 Å². The van der Waals surface area contributed by atoms with Crippen LogP contribution in [0.25, 0.3) is 16.7 Å². The van der Waals surface area contributed by atoms with Crippen molar-refractivity contribution in [3.05, 3.63) is 48.0 Å². The minimum atomic E-state index is 0.862. The van der Waals surface area contributed by atoms with E-state index >= 15 is 0 Å². The van der Waals surface area contributed by atoms with Crippen LogP contribution < -0.4 is 0 Å². The Bertz CT molecular complexity index is 685. The minimum Gasteiger partial charge on any atom is -0.256 e. The van der Waals surface area contributed by atoms with E-state index in [-0.39, 0.29) is 0 Å². The third kappa shape index (κ3) is 1.58. The summed E-state index contributed by atoms with van der Waals surface area (Å²) < 4.78 is 1.83. The second kappa shape index (κ2) is 3.66. The molecule has 3 aromatic heterocycles. The number of rotatable bonds is 1. The van der Waals surface area contributed by atoms with Gasteiger partial charge < -0.3 is 0 Å². The Morgan fingerprint density at radius 3 is 2.82 bits per heavy atom. The first kappa shape index (κ1) is 9.96. The zero-order valence-corrected chi connectivity index (χ0v) is 9.75. The minimum absolute atomic E-state index is 0.862. The molecule has 3 aromatic rings. The summed E-state index contributed by atoms with van der Waals surface area (Å²) in [6.45, 7) is 3.97. The van der Waals surface area contributed by atoms with Gasteiger partial charge in [-0.15, -0.1) is 0 Å². The van der Waals surface area contributed by atoms with E-state index in [0.29, 0.717) is 0 Å². The fraction of sp³-hybridized carbons (Fsp3) is 0.154. The van der Waals surface area contributed by atoms with Gasteiger partial charge in [0.05, 0.1) is 17.6 Å². The Kier molecular flexibility index (Phi) is 2.14. The van der Waals surface area contributed by atoms with Crippen molar-refractivity contribution in [1.29, 1.82) is 0 Å². The van der Waals surface area contributed by atoms with Crippen molar-refractivity contribution in [2.45, 2.75) is 13.8 Å². The molecule has 0 aromatic carbocycles. The molecule has 4 nitrogen and oxygen atoms in total. The van der Waals surface area contributed by atoms with E-state index in [9.17, 15) is 0 Å². The van der Waals surface area contributed by atoms with Crippen molar-refractivity contribution < 1.29 is 0 Å². The SMILES string of the molecule is Cc1ccc(-n2ncc3cccnc32)c(C)n1. The number of hydrogen-bond acceptors (Lipinski definition) is 3. The Morgan fingerprint density at radius 1 is 1.12 bits per heavy atom. The van der Waals surface area contributed by atoms with Crippen molar-refractivity contribution in [3.8, 4) is 5.69 Å². The first-order chi connectivity index (χ1) is 8.25. The van der Waals surface area contributed by atoms with Gasteiger partial charge in [-0.1, -0.05) is 0 Å². The molecule has 3 heterocycles. The number of fused-ring (bicyclic) bond motifs is 1. The highest BCUT2D eigenvalue weighted by Gasteiger charge is 2.08. The first-order valence-electron chi connectivity index (χ1n) is 5.49. The van der Waals surface area contributed by atoms with E-state index < -0.39 is 0 Å². The summed E-state index contributed by atoms with van der Waals surface area (Å²) in [4.78, 5) is 8.80. The molecule has 0 saturated carbocycles. The van der Waals surface area contributed by atoms with Gasteiger partial charge in [0.25, 0.3) is 0 Å².